The molecule has 9 nitrogen and oxygen atoms in total. The largest absolute Gasteiger partial charge is 0.457 e. The van der Waals surface area contributed by atoms with Gasteiger partial charge >= 0.3 is 11.4 Å². The van der Waals surface area contributed by atoms with Gasteiger partial charge in [0.05, 0.1) is 34.5 Å². The zero-order valence-electron chi connectivity index (χ0n) is 9.72. The molecule has 0 aliphatic carbocycles. The Balaban J connectivity index is 2.25. The van der Waals surface area contributed by atoms with Crippen molar-refractivity contribution in [3.8, 4) is 0 Å². The van der Waals surface area contributed by atoms with Crippen LogP contribution in [0.3, 0.4) is 0 Å². The van der Waals surface area contributed by atoms with Crippen molar-refractivity contribution in [2.75, 3.05) is 0 Å². The lowest BCUT2D eigenvalue weighted by atomic mass is 10.2. The smallest absolute Gasteiger partial charge is 0.318 e. The maximum Gasteiger partial charge on any atom is 0.318 e. The van der Waals surface area contributed by atoms with E-state index >= 15 is 0 Å². The second kappa shape index (κ2) is 5.18. The summed E-state index contributed by atoms with van der Waals surface area (Å²) in [4.78, 5) is 31.5. The molecule has 0 saturated carbocycles. The summed E-state index contributed by atoms with van der Waals surface area (Å²) in [5, 5.41) is 21.2. The monoisotopic (exact) mass is 278 g/mol. The van der Waals surface area contributed by atoms with Gasteiger partial charge in [0.1, 0.15) is 0 Å². The fraction of sp³-hybridized carbons (Fsp3) is 0. The minimum Gasteiger partial charge on any atom is -0.457 e. The molecule has 0 aromatic carbocycles. The molecule has 0 spiro atoms. The van der Waals surface area contributed by atoms with Crippen LogP contribution < -0.4 is 0 Å². The average molecular weight is 278 g/mol. The Morgan fingerprint density at radius 1 is 1.05 bits per heavy atom. The van der Waals surface area contributed by atoms with Crippen molar-refractivity contribution in [1.29, 1.82) is 0 Å². The first kappa shape index (κ1) is 13.2. The van der Waals surface area contributed by atoms with E-state index in [0.717, 1.165) is 36.8 Å². The van der Waals surface area contributed by atoms with Crippen LogP contribution in [0.2, 0.25) is 0 Å². The van der Waals surface area contributed by atoms with Crippen LogP contribution >= 0.6 is 0 Å². The SMILES string of the molecule is O=C(/C=C/c1occc1[N+](=O)[O-])c1occc1[N+](=O)[O-]. The predicted octanol–water partition coefficient (Wildman–Crippen LogP) is 2.59. The summed E-state index contributed by atoms with van der Waals surface area (Å²) in [5.74, 6) is -1.40. The zero-order valence-corrected chi connectivity index (χ0v) is 9.72. The van der Waals surface area contributed by atoms with E-state index in [1.165, 1.54) is 0 Å². The van der Waals surface area contributed by atoms with Gasteiger partial charge in [0.2, 0.25) is 11.5 Å². The van der Waals surface area contributed by atoms with Gasteiger partial charge in [-0.05, 0) is 12.2 Å². The molecule has 9 heteroatoms. The van der Waals surface area contributed by atoms with Gasteiger partial charge in [0.25, 0.3) is 5.76 Å². The third kappa shape index (κ3) is 2.46. The van der Waals surface area contributed by atoms with Crippen LogP contribution in [0.4, 0.5) is 11.4 Å². The highest BCUT2D eigenvalue weighted by atomic mass is 16.6. The number of hydrogen-bond acceptors (Lipinski definition) is 7. The molecule has 0 aliphatic heterocycles. The first-order chi connectivity index (χ1) is 9.50. The summed E-state index contributed by atoms with van der Waals surface area (Å²) < 4.78 is 9.55. The van der Waals surface area contributed by atoms with Crippen molar-refractivity contribution >= 4 is 23.2 Å². The van der Waals surface area contributed by atoms with Crippen molar-refractivity contribution in [2.45, 2.75) is 0 Å². The minimum atomic E-state index is -0.799. The first-order valence-corrected chi connectivity index (χ1v) is 5.17. The molecule has 20 heavy (non-hydrogen) atoms. The third-order valence-corrected chi connectivity index (χ3v) is 2.32. The number of ketones is 1. The number of carbonyl (C=O) groups is 1. The Kier molecular flexibility index (Phi) is 3.42. The highest BCUT2D eigenvalue weighted by molar-refractivity contribution is 6.07. The van der Waals surface area contributed by atoms with E-state index in [-0.39, 0.29) is 11.4 Å². The topological polar surface area (TPSA) is 130 Å². The molecule has 0 aliphatic rings. The molecule has 0 saturated heterocycles. The second-order valence-electron chi connectivity index (χ2n) is 3.52. The fourth-order valence-electron chi connectivity index (χ4n) is 1.45. The Hall–Kier alpha value is -3.23. The van der Waals surface area contributed by atoms with E-state index in [0.29, 0.717) is 0 Å². The molecular weight excluding hydrogens is 272 g/mol. The molecule has 2 rings (SSSR count). The Labute approximate surface area is 110 Å². The Bertz CT molecular complexity index is 710. The van der Waals surface area contributed by atoms with Gasteiger partial charge in [-0.1, -0.05) is 0 Å². The number of furan rings is 2. The van der Waals surface area contributed by atoms with Crippen LogP contribution in [-0.2, 0) is 0 Å². The number of allylic oxidation sites excluding steroid dienone is 1. The van der Waals surface area contributed by atoms with Crippen LogP contribution in [0, 0.1) is 20.2 Å². The molecule has 0 bridgehead atoms. The summed E-state index contributed by atoms with van der Waals surface area (Å²) in [6.07, 6.45) is 4.05. The number of hydrogen-bond donors (Lipinski definition) is 0. The summed E-state index contributed by atoms with van der Waals surface area (Å²) in [6, 6.07) is 2.16. The van der Waals surface area contributed by atoms with Crippen LogP contribution in [0.1, 0.15) is 16.3 Å². The number of carbonyl (C=O) groups excluding carboxylic acids is 1. The van der Waals surface area contributed by atoms with E-state index in [9.17, 15) is 25.0 Å². The standard InChI is InChI=1S/C11H6N2O7/c14-9(11-8(13(17)18)4-6-20-11)1-2-10-7(12(15)16)3-5-19-10/h1-6H/b2-1+. The van der Waals surface area contributed by atoms with Crippen LogP contribution in [0.5, 0.6) is 0 Å². The Morgan fingerprint density at radius 3 is 2.30 bits per heavy atom. The van der Waals surface area contributed by atoms with E-state index in [1.54, 1.807) is 0 Å². The second-order valence-corrected chi connectivity index (χ2v) is 3.52. The van der Waals surface area contributed by atoms with Crippen molar-refractivity contribution in [1.82, 2.24) is 0 Å². The zero-order chi connectivity index (χ0) is 14.7. The molecule has 0 fully saturated rings. The lowest BCUT2D eigenvalue weighted by molar-refractivity contribution is -0.385. The van der Waals surface area contributed by atoms with Gasteiger partial charge in [0, 0.05) is 0 Å². The molecule has 0 amide bonds. The average Bonchev–Trinajstić information content (AvgIpc) is 3.04. The summed E-state index contributed by atoms with van der Waals surface area (Å²) in [6.45, 7) is 0. The summed E-state index contributed by atoms with van der Waals surface area (Å²) in [7, 11) is 0. The van der Waals surface area contributed by atoms with Crippen molar-refractivity contribution < 1.29 is 23.5 Å². The highest BCUT2D eigenvalue weighted by Crippen LogP contribution is 2.23. The van der Waals surface area contributed by atoms with Gasteiger partial charge in [-0.15, -0.1) is 0 Å². The van der Waals surface area contributed by atoms with Crippen molar-refractivity contribution in [2.24, 2.45) is 0 Å². The quantitative estimate of drug-likeness (QED) is 0.355. The highest BCUT2D eigenvalue weighted by Gasteiger charge is 2.23. The van der Waals surface area contributed by atoms with Gasteiger partial charge < -0.3 is 8.83 Å². The van der Waals surface area contributed by atoms with Gasteiger partial charge in [-0.3, -0.25) is 25.0 Å². The summed E-state index contributed by atoms with van der Waals surface area (Å²) >= 11 is 0. The van der Waals surface area contributed by atoms with Crippen molar-refractivity contribution in [3.05, 3.63) is 62.5 Å². The van der Waals surface area contributed by atoms with E-state index in [1.807, 2.05) is 0 Å². The molecule has 2 heterocycles. The summed E-state index contributed by atoms with van der Waals surface area (Å²) in [5.41, 5.74) is -0.795. The lowest BCUT2D eigenvalue weighted by Gasteiger charge is -1.90. The van der Waals surface area contributed by atoms with Gasteiger partial charge in [0.15, 0.2) is 0 Å². The fourth-order valence-corrected chi connectivity index (χ4v) is 1.45. The third-order valence-electron chi connectivity index (χ3n) is 2.32. The molecular formula is C11H6N2O7. The normalized spacial score (nSPS) is 10.8. The molecule has 0 atom stereocenters. The van der Waals surface area contributed by atoms with Crippen LogP contribution in [-0.4, -0.2) is 15.6 Å². The van der Waals surface area contributed by atoms with Crippen LogP contribution in [0.15, 0.2) is 39.6 Å². The molecule has 2 aromatic rings. The molecule has 2 aromatic heterocycles. The van der Waals surface area contributed by atoms with E-state index in [2.05, 4.69) is 0 Å². The molecule has 0 unspecified atom stereocenters. The molecule has 0 radical (unpaired) electrons. The molecule has 102 valence electrons. The number of nitrogens with zero attached hydrogens (tertiary/aromatic N) is 2. The van der Waals surface area contributed by atoms with E-state index < -0.39 is 27.1 Å². The van der Waals surface area contributed by atoms with Crippen LogP contribution in [0.25, 0.3) is 6.08 Å². The Morgan fingerprint density at radius 2 is 1.65 bits per heavy atom. The number of nitro groups is 2. The number of rotatable bonds is 5. The maximum absolute atomic E-state index is 11.7. The van der Waals surface area contributed by atoms with Crippen molar-refractivity contribution in [3.63, 3.8) is 0 Å². The van der Waals surface area contributed by atoms with E-state index in [4.69, 9.17) is 8.83 Å². The lowest BCUT2D eigenvalue weighted by Crippen LogP contribution is -1.97. The minimum absolute atomic E-state index is 0.141. The van der Waals surface area contributed by atoms with Gasteiger partial charge in [-0.2, -0.15) is 0 Å². The maximum atomic E-state index is 11.7. The molecule has 0 N–H and O–H groups in total. The first-order valence-electron chi connectivity index (χ1n) is 5.17. The predicted molar refractivity (Wildman–Crippen MR) is 64.1 cm³/mol. The van der Waals surface area contributed by atoms with Gasteiger partial charge in [-0.25, -0.2) is 0 Å².